The summed E-state index contributed by atoms with van der Waals surface area (Å²) in [6.07, 6.45) is 4.41. The van der Waals surface area contributed by atoms with E-state index in [1.54, 1.807) is 71.6 Å². The second-order valence-corrected chi connectivity index (χ2v) is 13.8. The number of hydrogen-bond donors (Lipinski definition) is 1. The van der Waals surface area contributed by atoms with E-state index < -0.39 is 30.9 Å². The SMILES string of the molecule is O=C(/C=C/CCC1(COc2ccc(/C(=C(/CC(F)(F)F)c3ccccc3)c3ccc4c(c3)c(F)nn4C3CCCCO3)cn2)CC1)N1CC(O)C1. The molecule has 2 aromatic heterocycles. The lowest BCUT2D eigenvalue weighted by Gasteiger charge is -2.34. The maximum absolute atomic E-state index is 15.4. The molecule has 1 atom stereocenters. The number of alkyl halides is 3. The van der Waals surface area contributed by atoms with E-state index in [2.05, 4.69) is 10.1 Å². The van der Waals surface area contributed by atoms with Gasteiger partial charge in [0.25, 0.3) is 0 Å². The molecule has 8 nitrogen and oxygen atoms in total. The third-order valence-electron chi connectivity index (χ3n) is 9.96. The molecule has 0 spiro atoms. The largest absolute Gasteiger partial charge is 0.477 e. The number of benzene rings is 2. The first kappa shape index (κ1) is 34.9. The van der Waals surface area contributed by atoms with Gasteiger partial charge in [-0.05, 0) is 91.5 Å². The average Bonchev–Trinajstić information content (AvgIpc) is 3.82. The zero-order chi connectivity index (χ0) is 35.6. The summed E-state index contributed by atoms with van der Waals surface area (Å²) in [5, 5.41) is 13.7. The zero-order valence-electron chi connectivity index (χ0n) is 28.1. The number of β-amino-alcohol motifs (C(OH)–C–C–N with tert-alkyl or cyclic N) is 1. The molecule has 268 valence electrons. The lowest BCUT2D eigenvalue weighted by Crippen LogP contribution is -2.52. The normalized spacial score (nSPS) is 19.6. The summed E-state index contributed by atoms with van der Waals surface area (Å²) in [5.41, 5.74) is 2.03. The van der Waals surface area contributed by atoms with Gasteiger partial charge in [0, 0.05) is 42.9 Å². The molecular formula is C39H40F4N4O4. The number of hydrogen-bond acceptors (Lipinski definition) is 6. The molecule has 1 unspecified atom stereocenters. The highest BCUT2D eigenvalue weighted by molar-refractivity contribution is 6.00. The first-order chi connectivity index (χ1) is 24.6. The number of allylic oxidation sites excluding steroid dienone is 2. The summed E-state index contributed by atoms with van der Waals surface area (Å²) in [5.74, 6) is -0.468. The van der Waals surface area contributed by atoms with Gasteiger partial charge in [-0.2, -0.15) is 17.6 Å². The van der Waals surface area contributed by atoms with Gasteiger partial charge in [0.05, 0.1) is 30.0 Å². The summed E-state index contributed by atoms with van der Waals surface area (Å²) in [6, 6.07) is 16.7. The molecule has 1 aliphatic carbocycles. The molecule has 2 aromatic carbocycles. The van der Waals surface area contributed by atoms with Crippen LogP contribution in [0.2, 0.25) is 0 Å². The van der Waals surface area contributed by atoms with Gasteiger partial charge in [-0.3, -0.25) is 4.79 Å². The molecule has 12 heteroatoms. The Balaban J connectivity index is 1.15. The highest BCUT2D eigenvalue weighted by atomic mass is 19.4. The van der Waals surface area contributed by atoms with Gasteiger partial charge in [-0.1, -0.05) is 42.5 Å². The summed E-state index contributed by atoms with van der Waals surface area (Å²) in [4.78, 5) is 18.2. The van der Waals surface area contributed by atoms with Gasteiger partial charge in [0.1, 0.15) is 0 Å². The Bertz CT molecular complexity index is 1910. The second kappa shape index (κ2) is 14.6. The van der Waals surface area contributed by atoms with Crippen molar-refractivity contribution in [1.29, 1.82) is 0 Å². The molecule has 3 fully saturated rings. The van der Waals surface area contributed by atoms with Crippen LogP contribution in [-0.2, 0) is 9.53 Å². The molecule has 4 aromatic rings. The molecular weight excluding hydrogens is 664 g/mol. The molecule has 2 aliphatic heterocycles. The number of nitrogens with zero attached hydrogens (tertiary/aromatic N) is 4. The fourth-order valence-corrected chi connectivity index (χ4v) is 6.88. The fraction of sp³-hybridized carbons (Fsp3) is 0.410. The van der Waals surface area contributed by atoms with Crippen molar-refractivity contribution in [2.45, 2.75) is 69.9 Å². The number of ether oxygens (including phenoxy) is 2. The second-order valence-electron chi connectivity index (χ2n) is 13.8. The van der Waals surface area contributed by atoms with Crippen LogP contribution in [0.4, 0.5) is 17.6 Å². The van der Waals surface area contributed by atoms with E-state index in [-0.39, 0.29) is 27.9 Å². The number of aliphatic hydroxyl groups excluding tert-OH is 1. The molecule has 1 amide bonds. The van der Waals surface area contributed by atoms with Crippen molar-refractivity contribution in [1.82, 2.24) is 19.7 Å². The van der Waals surface area contributed by atoms with Crippen LogP contribution < -0.4 is 4.74 Å². The van der Waals surface area contributed by atoms with Crippen LogP contribution in [0.5, 0.6) is 5.88 Å². The number of likely N-dealkylation sites (tertiary alicyclic amines) is 1. The molecule has 2 saturated heterocycles. The minimum absolute atomic E-state index is 0.0223. The predicted octanol–water partition coefficient (Wildman–Crippen LogP) is 7.88. The predicted molar refractivity (Wildman–Crippen MR) is 184 cm³/mol. The van der Waals surface area contributed by atoms with Crippen molar-refractivity contribution in [3.63, 3.8) is 0 Å². The Morgan fingerprint density at radius 3 is 2.49 bits per heavy atom. The Morgan fingerprint density at radius 2 is 1.82 bits per heavy atom. The van der Waals surface area contributed by atoms with Crippen LogP contribution in [0.1, 0.15) is 74.3 Å². The van der Waals surface area contributed by atoms with Gasteiger partial charge in [0.15, 0.2) is 6.23 Å². The number of carbonyl (C=O) groups is 1. The molecule has 4 heterocycles. The monoisotopic (exact) mass is 704 g/mol. The Labute approximate surface area is 293 Å². The number of fused-ring (bicyclic) bond motifs is 1. The van der Waals surface area contributed by atoms with Crippen LogP contribution in [0.15, 0.2) is 79.0 Å². The molecule has 1 saturated carbocycles. The quantitative estimate of drug-likeness (QED) is 0.0918. The summed E-state index contributed by atoms with van der Waals surface area (Å²) in [6.45, 7) is 1.72. The van der Waals surface area contributed by atoms with E-state index in [4.69, 9.17) is 9.47 Å². The third-order valence-corrected chi connectivity index (χ3v) is 9.96. The summed E-state index contributed by atoms with van der Waals surface area (Å²) >= 11 is 0. The number of carbonyl (C=O) groups excluding carboxylic acids is 1. The molecule has 7 rings (SSSR count). The van der Waals surface area contributed by atoms with Crippen LogP contribution in [0.25, 0.3) is 22.0 Å². The Morgan fingerprint density at radius 1 is 1.04 bits per heavy atom. The molecule has 0 radical (unpaired) electrons. The van der Waals surface area contributed by atoms with E-state index >= 15 is 4.39 Å². The lowest BCUT2D eigenvalue weighted by molar-refractivity contribution is -0.135. The third kappa shape index (κ3) is 8.18. The van der Waals surface area contributed by atoms with Crippen molar-refractivity contribution in [2.75, 3.05) is 26.3 Å². The smallest absolute Gasteiger partial charge is 0.393 e. The van der Waals surface area contributed by atoms with Crippen LogP contribution in [0, 0.1) is 11.4 Å². The average molecular weight is 705 g/mol. The Hall–Kier alpha value is -4.55. The van der Waals surface area contributed by atoms with Gasteiger partial charge < -0.3 is 19.5 Å². The van der Waals surface area contributed by atoms with E-state index in [9.17, 15) is 23.1 Å². The topological polar surface area (TPSA) is 89.7 Å². The van der Waals surface area contributed by atoms with Crippen molar-refractivity contribution >= 4 is 28.0 Å². The minimum atomic E-state index is -4.52. The van der Waals surface area contributed by atoms with E-state index in [0.717, 1.165) is 32.1 Å². The van der Waals surface area contributed by atoms with Crippen LogP contribution in [-0.4, -0.2) is 69.3 Å². The van der Waals surface area contributed by atoms with E-state index in [0.29, 0.717) is 67.2 Å². The van der Waals surface area contributed by atoms with Crippen LogP contribution >= 0.6 is 0 Å². The maximum atomic E-state index is 15.4. The maximum Gasteiger partial charge on any atom is 0.393 e. The number of rotatable bonds is 12. The molecule has 0 bridgehead atoms. The van der Waals surface area contributed by atoms with Crippen LogP contribution in [0.3, 0.4) is 0 Å². The fourth-order valence-electron chi connectivity index (χ4n) is 6.88. The van der Waals surface area contributed by atoms with Crippen molar-refractivity contribution in [3.05, 3.63) is 102 Å². The number of aromatic nitrogens is 3. The van der Waals surface area contributed by atoms with E-state index in [1.165, 1.54) is 10.9 Å². The molecule has 3 aliphatic rings. The summed E-state index contributed by atoms with van der Waals surface area (Å²) < 4.78 is 71.5. The minimum Gasteiger partial charge on any atom is -0.477 e. The highest BCUT2D eigenvalue weighted by Gasteiger charge is 2.42. The highest BCUT2D eigenvalue weighted by Crippen LogP contribution is 2.50. The molecule has 1 N–H and O–H groups in total. The van der Waals surface area contributed by atoms with Gasteiger partial charge in [-0.25, -0.2) is 9.67 Å². The van der Waals surface area contributed by atoms with Crippen molar-refractivity contribution in [3.8, 4) is 5.88 Å². The Kier molecular flexibility index (Phi) is 9.98. The first-order valence-corrected chi connectivity index (χ1v) is 17.5. The van der Waals surface area contributed by atoms with Gasteiger partial charge in [0.2, 0.25) is 17.7 Å². The standard InChI is InChI=1S/C39H40F4N4O4/c40-37-30-20-27(12-14-32(30)47(45-37)35-11-5-7-19-50-35)36(31(21-39(41,42)43)26-8-2-1-3-9-26)28-13-15-33(44-22-28)51-25-38(17-18-38)16-6-4-10-34(49)46-23-29(48)24-46/h1-4,8-10,12-15,20,22,29,35,48H,5-7,11,16-19,21,23-25H2/b10-4+,36-31-. The first-order valence-electron chi connectivity index (χ1n) is 17.5. The zero-order valence-corrected chi connectivity index (χ0v) is 28.1. The van der Waals surface area contributed by atoms with Crippen molar-refractivity contribution in [2.24, 2.45) is 5.41 Å². The summed E-state index contributed by atoms with van der Waals surface area (Å²) in [7, 11) is 0. The molecule has 51 heavy (non-hydrogen) atoms. The van der Waals surface area contributed by atoms with E-state index in [1.807, 2.05) is 6.08 Å². The number of amides is 1. The number of aliphatic hydroxyl groups is 1. The van der Waals surface area contributed by atoms with Gasteiger partial charge >= 0.3 is 6.18 Å². The van der Waals surface area contributed by atoms with Crippen molar-refractivity contribution < 1.29 is 36.9 Å². The number of pyridine rings is 1. The number of halogens is 4. The van der Waals surface area contributed by atoms with Gasteiger partial charge in [-0.15, -0.1) is 5.10 Å². The lowest BCUT2D eigenvalue weighted by atomic mass is 9.88.